The first-order valence-electron chi connectivity index (χ1n) is 16.1. The third kappa shape index (κ3) is 6.24. The first kappa shape index (κ1) is 31.1. The van der Waals surface area contributed by atoms with Gasteiger partial charge in [-0.25, -0.2) is 8.78 Å². The molecule has 0 saturated carbocycles. The summed E-state index contributed by atoms with van der Waals surface area (Å²) in [5, 5.41) is 5.04. The lowest BCUT2D eigenvalue weighted by molar-refractivity contribution is 0.627. The molecule has 0 saturated heterocycles. The highest BCUT2D eigenvalue weighted by Gasteiger charge is 2.20. The van der Waals surface area contributed by atoms with Gasteiger partial charge < -0.3 is 0 Å². The van der Waals surface area contributed by atoms with Gasteiger partial charge >= 0.3 is 0 Å². The molecule has 4 heteroatoms. The van der Waals surface area contributed by atoms with Gasteiger partial charge in [0.1, 0.15) is 11.6 Å². The Kier molecular flexibility index (Phi) is 8.47. The summed E-state index contributed by atoms with van der Waals surface area (Å²) in [6.45, 7) is 0. The van der Waals surface area contributed by atoms with E-state index >= 15 is 0 Å². The number of fused-ring (bicyclic) bond motifs is 2. The SMILES string of the molecule is Fc1ccc(-c2c3ccccc3c(-c3ccc(F)cc3)c3c(-c4ccc(SC5=C(Cl)CC(=Cc6ccccc6)C=C5)cc4)cccc23)cc1. The zero-order valence-electron chi connectivity index (χ0n) is 26.3. The largest absolute Gasteiger partial charge is 0.207 e. The minimum absolute atomic E-state index is 0.274. The number of hydrogen-bond acceptors (Lipinski definition) is 1. The van der Waals surface area contributed by atoms with E-state index in [1.165, 1.54) is 29.8 Å². The van der Waals surface area contributed by atoms with Gasteiger partial charge in [-0.15, -0.1) is 0 Å². The van der Waals surface area contributed by atoms with Gasteiger partial charge in [-0.3, -0.25) is 0 Å². The van der Waals surface area contributed by atoms with E-state index in [1.807, 2.05) is 54.6 Å². The van der Waals surface area contributed by atoms with Gasteiger partial charge in [-0.1, -0.05) is 145 Å². The van der Waals surface area contributed by atoms with Crippen molar-refractivity contribution in [2.24, 2.45) is 0 Å². The smallest absolute Gasteiger partial charge is 0.123 e. The molecule has 7 aromatic rings. The van der Waals surface area contributed by atoms with Crippen molar-refractivity contribution in [3.63, 3.8) is 0 Å². The van der Waals surface area contributed by atoms with E-state index in [9.17, 15) is 8.78 Å². The maximum absolute atomic E-state index is 14.2. The number of benzene rings is 7. The minimum atomic E-state index is -0.278. The maximum atomic E-state index is 14.2. The normalized spacial score (nSPS) is 13.9. The second kappa shape index (κ2) is 13.4. The van der Waals surface area contributed by atoms with Crippen molar-refractivity contribution < 1.29 is 8.78 Å². The molecule has 7 aromatic carbocycles. The van der Waals surface area contributed by atoms with Gasteiger partial charge in [0.05, 0.1) is 0 Å². The Balaban J connectivity index is 1.23. The van der Waals surface area contributed by atoms with Gasteiger partial charge in [0.15, 0.2) is 0 Å². The lowest BCUT2D eigenvalue weighted by Gasteiger charge is -2.20. The molecule has 0 N–H and O–H groups in total. The van der Waals surface area contributed by atoms with Crippen LogP contribution in [0.1, 0.15) is 12.0 Å². The second-order valence-corrected chi connectivity index (χ2v) is 13.6. The molecule has 0 aromatic heterocycles. The van der Waals surface area contributed by atoms with E-state index in [2.05, 4.69) is 85.0 Å². The second-order valence-electron chi connectivity index (χ2n) is 12.1. The summed E-state index contributed by atoms with van der Waals surface area (Å²) < 4.78 is 28.3. The molecule has 236 valence electrons. The van der Waals surface area contributed by atoms with Crippen molar-refractivity contribution in [2.75, 3.05) is 0 Å². The Morgan fingerprint density at radius 1 is 0.531 bits per heavy atom. The summed E-state index contributed by atoms with van der Waals surface area (Å²) in [6, 6.07) is 46.9. The van der Waals surface area contributed by atoms with E-state index in [1.54, 1.807) is 11.8 Å². The van der Waals surface area contributed by atoms with Gasteiger partial charge in [-0.05, 0) is 109 Å². The van der Waals surface area contributed by atoms with Crippen LogP contribution in [0, 0.1) is 11.6 Å². The van der Waals surface area contributed by atoms with Crippen LogP contribution in [-0.2, 0) is 0 Å². The van der Waals surface area contributed by atoms with Crippen molar-refractivity contribution in [3.05, 3.63) is 190 Å². The first-order chi connectivity index (χ1) is 24.0. The van der Waals surface area contributed by atoms with Gasteiger partial charge in [0, 0.05) is 21.3 Å². The van der Waals surface area contributed by atoms with Crippen LogP contribution in [0.25, 0.3) is 61.0 Å². The van der Waals surface area contributed by atoms with Crippen LogP contribution in [0.15, 0.2) is 178 Å². The topological polar surface area (TPSA) is 0 Å². The highest BCUT2D eigenvalue weighted by atomic mass is 35.5. The molecule has 49 heavy (non-hydrogen) atoms. The van der Waals surface area contributed by atoms with Crippen LogP contribution < -0.4 is 0 Å². The molecule has 0 nitrogen and oxygen atoms in total. The molecular weight excluding hydrogens is 646 g/mol. The van der Waals surface area contributed by atoms with Gasteiger partial charge in [-0.2, -0.15) is 0 Å². The van der Waals surface area contributed by atoms with Crippen molar-refractivity contribution in [1.82, 2.24) is 0 Å². The van der Waals surface area contributed by atoms with E-state index in [0.29, 0.717) is 6.42 Å². The third-order valence-corrected chi connectivity index (χ3v) is 10.5. The Morgan fingerprint density at radius 3 is 1.76 bits per heavy atom. The summed E-state index contributed by atoms with van der Waals surface area (Å²) in [4.78, 5) is 2.13. The lowest BCUT2D eigenvalue weighted by Crippen LogP contribution is -1.93. The average Bonchev–Trinajstić information content (AvgIpc) is 3.13. The lowest BCUT2D eigenvalue weighted by atomic mass is 9.83. The standard InChI is InChI=1S/C45H29ClF2S/c46-41-28-30(27-29-7-2-1-3-8-29)13-26-42(41)49-36-24-18-31(19-25-36)37-11-6-12-40-43(32-14-20-34(47)21-15-32)38-9-4-5-10-39(38)44(45(37)40)33-16-22-35(48)23-17-33/h1-27H,28H2. The van der Waals surface area contributed by atoms with Crippen LogP contribution >= 0.6 is 23.4 Å². The molecular formula is C45H29ClF2S. The number of halogens is 3. The van der Waals surface area contributed by atoms with E-state index in [0.717, 1.165) is 75.3 Å². The monoisotopic (exact) mass is 674 g/mol. The molecule has 0 amide bonds. The highest BCUT2D eigenvalue weighted by Crippen LogP contribution is 2.47. The fourth-order valence-electron chi connectivity index (χ4n) is 6.69. The molecule has 1 aliphatic carbocycles. The molecule has 0 aliphatic heterocycles. The number of thioether (sulfide) groups is 1. The van der Waals surface area contributed by atoms with E-state index in [4.69, 9.17) is 11.6 Å². The van der Waals surface area contributed by atoms with Gasteiger partial charge in [0.25, 0.3) is 0 Å². The van der Waals surface area contributed by atoms with Crippen LogP contribution in [0.4, 0.5) is 8.78 Å². The molecule has 0 bridgehead atoms. The van der Waals surface area contributed by atoms with Gasteiger partial charge in [0.2, 0.25) is 0 Å². The average molecular weight is 675 g/mol. The Bertz CT molecular complexity index is 2420. The molecule has 0 fully saturated rings. The zero-order valence-corrected chi connectivity index (χ0v) is 27.9. The zero-order chi connectivity index (χ0) is 33.3. The molecule has 0 atom stereocenters. The van der Waals surface area contributed by atoms with Crippen molar-refractivity contribution >= 4 is 51.0 Å². The third-order valence-electron chi connectivity index (χ3n) is 8.94. The summed E-state index contributed by atoms with van der Waals surface area (Å²) >= 11 is 8.48. The Labute approximate surface area is 293 Å². The van der Waals surface area contributed by atoms with E-state index in [-0.39, 0.29) is 11.6 Å². The summed E-state index contributed by atoms with van der Waals surface area (Å²) in [7, 11) is 0. The molecule has 0 radical (unpaired) electrons. The van der Waals surface area contributed by atoms with Crippen molar-refractivity contribution in [1.29, 1.82) is 0 Å². The van der Waals surface area contributed by atoms with Crippen LogP contribution in [0.2, 0.25) is 0 Å². The first-order valence-corrected chi connectivity index (χ1v) is 17.3. The molecule has 8 rings (SSSR count). The van der Waals surface area contributed by atoms with Crippen molar-refractivity contribution in [3.8, 4) is 33.4 Å². The summed E-state index contributed by atoms with van der Waals surface area (Å²) in [6.07, 6.45) is 7.11. The van der Waals surface area contributed by atoms with Crippen LogP contribution in [0.3, 0.4) is 0 Å². The van der Waals surface area contributed by atoms with E-state index < -0.39 is 0 Å². The molecule has 0 unspecified atom stereocenters. The number of hydrogen-bond donors (Lipinski definition) is 0. The number of rotatable bonds is 6. The predicted octanol–water partition coefficient (Wildman–Crippen LogP) is 13.9. The van der Waals surface area contributed by atoms with Crippen molar-refractivity contribution in [2.45, 2.75) is 11.3 Å². The Morgan fingerprint density at radius 2 is 1.10 bits per heavy atom. The van der Waals surface area contributed by atoms with Crippen LogP contribution in [0.5, 0.6) is 0 Å². The highest BCUT2D eigenvalue weighted by molar-refractivity contribution is 8.03. The maximum Gasteiger partial charge on any atom is 0.123 e. The predicted molar refractivity (Wildman–Crippen MR) is 205 cm³/mol. The fraction of sp³-hybridized carbons (Fsp3) is 0.0222. The Hall–Kier alpha value is -5.22. The number of allylic oxidation sites excluding steroid dienone is 4. The molecule has 0 spiro atoms. The summed E-state index contributed by atoms with van der Waals surface area (Å²) in [5.41, 5.74) is 8.40. The summed E-state index contributed by atoms with van der Waals surface area (Å²) in [5.74, 6) is -0.552. The minimum Gasteiger partial charge on any atom is -0.207 e. The molecule has 0 heterocycles. The molecule has 1 aliphatic rings. The fourth-order valence-corrected chi connectivity index (χ4v) is 7.87. The van der Waals surface area contributed by atoms with Crippen LogP contribution in [-0.4, -0.2) is 0 Å². The quantitative estimate of drug-likeness (QED) is 0.158.